The molecule has 0 amide bonds. The van der Waals surface area contributed by atoms with E-state index in [-0.39, 0.29) is 11.7 Å². The maximum absolute atomic E-state index is 14.7. The quantitative estimate of drug-likeness (QED) is 0.318. The van der Waals surface area contributed by atoms with Crippen LogP contribution in [-0.2, 0) is 6.42 Å². The number of halogens is 6. The second-order valence-corrected chi connectivity index (χ2v) is 10.5. The molecule has 2 aliphatic rings. The Hall–Kier alpha value is -2.38. The lowest BCUT2D eigenvalue weighted by atomic mass is 9.68. The predicted octanol–water partition coefficient (Wildman–Crippen LogP) is 9.11. The van der Waals surface area contributed by atoms with Gasteiger partial charge in [0.05, 0.1) is 6.61 Å². The highest BCUT2D eigenvalue weighted by molar-refractivity contribution is 5.33. The molecule has 0 aromatic heterocycles. The molecule has 2 aromatic carbocycles. The summed E-state index contributed by atoms with van der Waals surface area (Å²) in [7, 11) is 0. The number of alkyl halides is 3. The Labute approximate surface area is 214 Å². The van der Waals surface area contributed by atoms with Crippen molar-refractivity contribution in [1.82, 2.24) is 0 Å². The lowest BCUT2D eigenvalue weighted by Gasteiger charge is -2.38. The summed E-state index contributed by atoms with van der Waals surface area (Å²) in [5.41, 5.74) is 0.974. The Morgan fingerprint density at radius 1 is 0.811 bits per heavy atom. The minimum absolute atomic E-state index is 0.0690. The molecule has 0 radical (unpaired) electrons. The molecule has 2 aliphatic carbocycles. The van der Waals surface area contributed by atoms with Crippen LogP contribution >= 0.6 is 0 Å². The highest BCUT2D eigenvalue weighted by Gasteiger charge is 2.34. The lowest BCUT2D eigenvalue weighted by Crippen LogP contribution is -2.27. The van der Waals surface area contributed by atoms with Gasteiger partial charge in [-0.15, -0.1) is 13.2 Å². The number of rotatable bonds is 8. The van der Waals surface area contributed by atoms with Crippen LogP contribution in [0.15, 0.2) is 30.3 Å². The second kappa shape index (κ2) is 12.0. The molecule has 2 fully saturated rings. The Morgan fingerprint density at radius 2 is 1.46 bits per heavy atom. The van der Waals surface area contributed by atoms with E-state index in [4.69, 9.17) is 4.74 Å². The van der Waals surface area contributed by atoms with Crippen LogP contribution in [0.2, 0.25) is 0 Å². The van der Waals surface area contributed by atoms with E-state index in [1.54, 1.807) is 12.1 Å². The van der Waals surface area contributed by atoms with Crippen molar-refractivity contribution in [2.24, 2.45) is 17.8 Å². The topological polar surface area (TPSA) is 18.5 Å². The predicted molar refractivity (Wildman–Crippen MR) is 129 cm³/mol. The van der Waals surface area contributed by atoms with Gasteiger partial charge in [0.1, 0.15) is 5.75 Å². The molecule has 0 N–H and O–H groups in total. The summed E-state index contributed by atoms with van der Waals surface area (Å²) in [6, 6.07) is 6.64. The van der Waals surface area contributed by atoms with E-state index in [2.05, 4.69) is 4.74 Å². The van der Waals surface area contributed by atoms with Crippen molar-refractivity contribution in [2.75, 3.05) is 6.61 Å². The van der Waals surface area contributed by atoms with Crippen LogP contribution in [0.4, 0.5) is 26.3 Å². The van der Waals surface area contributed by atoms with Crippen molar-refractivity contribution in [1.29, 1.82) is 0 Å². The summed E-state index contributed by atoms with van der Waals surface area (Å²) in [5, 5.41) is 0. The average molecular weight is 529 g/mol. The largest absolute Gasteiger partial charge is 0.573 e. The zero-order valence-electron chi connectivity index (χ0n) is 21.1. The highest BCUT2D eigenvalue weighted by Crippen LogP contribution is 2.44. The third-order valence-electron chi connectivity index (χ3n) is 8.10. The molecule has 0 heterocycles. The van der Waals surface area contributed by atoms with Gasteiger partial charge in [-0.1, -0.05) is 25.5 Å². The monoisotopic (exact) mass is 528 g/mol. The van der Waals surface area contributed by atoms with Crippen LogP contribution in [0.3, 0.4) is 0 Å². The number of benzene rings is 2. The molecule has 0 saturated heterocycles. The minimum atomic E-state index is -4.95. The summed E-state index contributed by atoms with van der Waals surface area (Å²) < 4.78 is 89.2. The number of aryl methyl sites for hydroxylation is 1. The SMILES string of the molecule is CCCc1ccc(C2CCC(C3CCC(COc4ccc(OC(F)(F)F)c(F)c4)CC3)CC2)c(F)c1F. The Kier molecular flexibility index (Phi) is 8.96. The third-order valence-corrected chi connectivity index (χ3v) is 8.10. The van der Waals surface area contributed by atoms with E-state index in [0.29, 0.717) is 41.9 Å². The molecular formula is C29H34F6O2. The van der Waals surface area contributed by atoms with Crippen LogP contribution in [0, 0.1) is 35.2 Å². The number of hydrogen-bond acceptors (Lipinski definition) is 2. The molecule has 8 heteroatoms. The van der Waals surface area contributed by atoms with E-state index in [9.17, 15) is 26.3 Å². The molecule has 4 rings (SSSR count). The Morgan fingerprint density at radius 3 is 2.05 bits per heavy atom. The summed E-state index contributed by atoms with van der Waals surface area (Å²) >= 11 is 0. The number of hydrogen-bond donors (Lipinski definition) is 0. The van der Waals surface area contributed by atoms with Crippen LogP contribution in [0.25, 0.3) is 0 Å². The summed E-state index contributed by atoms with van der Waals surface area (Å²) in [6.45, 7) is 2.34. The molecule has 0 aliphatic heterocycles. The normalized spacial score (nSPS) is 24.6. The van der Waals surface area contributed by atoms with Crippen molar-refractivity contribution in [2.45, 2.75) is 83.4 Å². The second-order valence-electron chi connectivity index (χ2n) is 10.5. The molecule has 2 saturated carbocycles. The van der Waals surface area contributed by atoms with Gasteiger partial charge in [-0.3, -0.25) is 0 Å². The Bertz CT molecular complexity index is 1040. The molecular weight excluding hydrogens is 494 g/mol. The fraction of sp³-hybridized carbons (Fsp3) is 0.586. The smallest absolute Gasteiger partial charge is 0.493 e. The first kappa shape index (κ1) is 27.6. The standard InChI is InChI=1S/C29H34F6O2/c1-2-3-22-12-14-24(28(32)27(22)31)21-10-8-20(9-11-21)19-6-4-18(5-7-19)17-36-23-13-15-26(25(30)16-23)37-29(33,34)35/h12-16,18-21H,2-11,17H2,1H3. The molecule has 0 spiro atoms. The summed E-state index contributed by atoms with van der Waals surface area (Å²) in [4.78, 5) is 0. The maximum atomic E-state index is 14.7. The molecule has 37 heavy (non-hydrogen) atoms. The molecule has 0 atom stereocenters. The van der Waals surface area contributed by atoms with Crippen molar-refractivity contribution < 1.29 is 35.8 Å². The average Bonchev–Trinajstić information content (AvgIpc) is 2.87. The Balaban J connectivity index is 1.21. The van der Waals surface area contributed by atoms with Gasteiger partial charge in [0.2, 0.25) is 0 Å². The van der Waals surface area contributed by atoms with Gasteiger partial charge in [-0.25, -0.2) is 13.2 Å². The van der Waals surface area contributed by atoms with E-state index >= 15 is 0 Å². The molecule has 0 bridgehead atoms. The van der Waals surface area contributed by atoms with Gasteiger partial charge in [0.15, 0.2) is 23.2 Å². The van der Waals surface area contributed by atoms with E-state index in [0.717, 1.165) is 69.9 Å². The first-order valence-corrected chi connectivity index (χ1v) is 13.3. The van der Waals surface area contributed by atoms with Gasteiger partial charge < -0.3 is 9.47 Å². The van der Waals surface area contributed by atoms with Crippen LogP contribution in [0.5, 0.6) is 11.5 Å². The molecule has 2 aromatic rings. The summed E-state index contributed by atoms with van der Waals surface area (Å²) in [5.74, 6) is -1.61. The highest BCUT2D eigenvalue weighted by atomic mass is 19.4. The van der Waals surface area contributed by atoms with Crippen LogP contribution in [0.1, 0.15) is 81.8 Å². The van der Waals surface area contributed by atoms with E-state index in [1.165, 1.54) is 6.07 Å². The third kappa shape index (κ3) is 7.14. The van der Waals surface area contributed by atoms with Gasteiger partial charge in [-0.05, 0) is 105 Å². The van der Waals surface area contributed by atoms with Crippen molar-refractivity contribution >= 4 is 0 Å². The first-order chi connectivity index (χ1) is 17.6. The fourth-order valence-electron chi connectivity index (χ4n) is 6.10. The van der Waals surface area contributed by atoms with E-state index in [1.807, 2.05) is 6.92 Å². The van der Waals surface area contributed by atoms with Gasteiger partial charge in [-0.2, -0.15) is 0 Å². The minimum Gasteiger partial charge on any atom is -0.493 e. The van der Waals surface area contributed by atoms with Crippen LogP contribution in [-0.4, -0.2) is 13.0 Å². The molecule has 0 unspecified atom stereocenters. The fourth-order valence-corrected chi connectivity index (χ4v) is 6.10. The lowest BCUT2D eigenvalue weighted by molar-refractivity contribution is -0.275. The van der Waals surface area contributed by atoms with E-state index < -0.39 is 29.6 Å². The van der Waals surface area contributed by atoms with Crippen molar-refractivity contribution in [3.05, 3.63) is 58.9 Å². The van der Waals surface area contributed by atoms with Crippen LogP contribution < -0.4 is 9.47 Å². The van der Waals surface area contributed by atoms with Gasteiger partial charge >= 0.3 is 6.36 Å². The van der Waals surface area contributed by atoms with Crippen molar-refractivity contribution in [3.63, 3.8) is 0 Å². The molecule has 2 nitrogen and oxygen atoms in total. The summed E-state index contributed by atoms with van der Waals surface area (Å²) in [6.07, 6.45) is 4.21. The van der Waals surface area contributed by atoms with Crippen molar-refractivity contribution in [3.8, 4) is 11.5 Å². The zero-order chi connectivity index (χ0) is 26.6. The molecule has 204 valence electrons. The zero-order valence-corrected chi connectivity index (χ0v) is 21.1. The van der Waals surface area contributed by atoms with Gasteiger partial charge in [0, 0.05) is 6.07 Å². The first-order valence-electron chi connectivity index (χ1n) is 13.3. The number of ether oxygens (including phenoxy) is 2. The maximum Gasteiger partial charge on any atom is 0.573 e. The van der Waals surface area contributed by atoms with Gasteiger partial charge in [0.25, 0.3) is 0 Å².